The molecule has 0 bridgehead atoms. The van der Waals surface area contributed by atoms with Crippen molar-refractivity contribution in [3.63, 3.8) is 0 Å². The number of carbonyl (C=O) groups excluding carboxylic acids is 1. The quantitative estimate of drug-likeness (QED) is 0.332. The van der Waals surface area contributed by atoms with Crippen LogP contribution in [0.1, 0.15) is 6.92 Å². The molecule has 1 amide bonds. The van der Waals surface area contributed by atoms with Crippen LogP contribution in [0.25, 0.3) is 21.5 Å². The average Bonchev–Trinajstić information content (AvgIpc) is 3.04. The first kappa shape index (κ1) is 17.3. The fraction of sp³-hybridized carbons (Fsp3) is 0.0800. The van der Waals surface area contributed by atoms with Gasteiger partial charge in [0.15, 0.2) is 0 Å². The van der Waals surface area contributed by atoms with E-state index in [1.807, 2.05) is 55.5 Å². The van der Waals surface area contributed by atoms with E-state index < -0.39 is 5.92 Å². The van der Waals surface area contributed by atoms with Gasteiger partial charge >= 0.3 is 0 Å². The van der Waals surface area contributed by atoms with Crippen molar-refractivity contribution < 1.29 is 4.79 Å². The van der Waals surface area contributed by atoms with Crippen LogP contribution in [0, 0.1) is 5.92 Å². The monoisotopic (exact) mass is 377 g/mol. The fourth-order valence-corrected chi connectivity index (χ4v) is 3.67. The predicted molar refractivity (Wildman–Crippen MR) is 120 cm³/mol. The van der Waals surface area contributed by atoms with Crippen molar-refractivity contribution in [3.8, 4) is 0 Å². The molecule has 1 unspecified atom stereocenters. The van der Waals surface area contributed by atoms with Crippen LogP contribution in [0.2, 0.25) is 0 Å². The van der Waals surface area contributed by atoms with Gasteiger partial charge in [-0.2, -0.15) is 10.1 Å². The molecule has 0 spiro atoms. The molecule has 5 rings (SSSR count). The van der Waals surface area contributed by atoms with Crippen LogP contribution in [0.15, 0.2) is 95.0 Å². The van der Waals surface area contributed by atoms with Crippen LogP contribution in [0.5, 0.6) is 0 Å². The van der Waals surface area contributed by atoms with E-state index in [-0.39, 0.29) is 5.91 Å². The van der Waals surface area contributed by atoms with Crippen LogP contribution in [0.3, 0.4) is 0 Å². The summed E-state index contributed by atoms with van der Waals surface area (Å²) in [6.07, 6.45) is 1.70. The Kier molecular flexibility index (Phi) is 4.17. The summed E-state index contributed by atoms with van der Waals surface area (Å²) in [4.78, 5) is 17.4. The summed E-state index contributed by atoms with van der Waals surface area (Å²) < 4.78 is 0. The number of amides is 1. The number of carbonyl (C=O) groups is 1. The summed E-state index contributed by atoms with van der Waals surface area (Å²) in [6, 6.07) is 28.3. The van der Waals surface area contributed by atoms with Gasteiger partial charge in [-0.1, -0.05) is 48.5 Å². The van der Waals surface area contributed by atoms with E-state index in [0.717, 1.165) is 22.5 Å². The van der Waals surface area contributed by atoms with Crippen molar-refractivity contribution in [2.45, 2.75) is 6.92 Å². The summed E-state index contributed by atoms with van der Waals surface area (Å²) in [7, 11) is 0. The van der Waals surface area contributed by atoms with Crippen molar-refractivity contribution in [1.82, 2.24) is 0 Å². The number of hydrazone groups is 1. The zero-order chi connectivity index (χ0) is 19.8. The van der Waals surface area contributed by atoms with Crippen molar-refractivity contribution in [2.24, 2.45) is 16.0 Å². The van der Waals surface area contributed by atoms with Gasteiger partial charge in [0.25, 0.3) is 5.91 Å². The maximum Gasteiger partial charge on any atom is 0.261 e. The normalized spacial score (nSPS) is 16.9. The highest BCUT2D eigenvalue weighted by Gasteiger charge is 2.33. The second kappa shape index (κ2) is 6.99. The van der Waals surface area contributed by atoms with Gasteiger partial charge in [-0.3, -0.25) is 9.79 Å². The Hall–Kier alpha value is -3.79. The molecule has 4 aromatic rings. The Morgan fingerprint density at radius 2 is 1.48 bits per heavy atom. The van der Waals surface area contributed by atoms with Gasteiger partial charge in [-0.15, -0.1) is 0 Å². The lowest BCUT2D eigenvalue weighted by Gasteiger charge is -2.12. The zero-order valence-corrected chi connectivity index (χ0v) is 16.0. The number of aliphatic imine (C=N–C) groups is 1. The highest BCUT2D eigenvalue weighted by atomic mass is 16.2. The lowest BCUT2D eigenvalue weighted by molar-refractivity contribution is -0.118. The van der Waals surface area contributed by atoms with Gasteiger partial charge in [0.1, 0.15) is 5.92 Å². The number of rotatable bonds is 3. The van der Waals surface area contributed by atoms with Crippen molar-refractivity contribution >= 4 is 50.8 Å². The molecular formula is C25H19N3O. The SMILES string of the molecule is CC1=NN(c2ccccc2)C(=O)C1C=Nc1ccc2cc3ccccc3cc2c1. The summed E-state index contributed by atoms with van der Waals surface area (Å²) in [5.74, 6) is -0.522. The van der Waals surface area contributed by atoms with Gasteiger partial charge in [-0.05, 0) is 64.9 Å². The Morgan fingerprint density at radius 3 is 2.24 bits per heavy atom. The highest BCUT2D eigenvalue weighted by Crippen LogP contribution is 2.27. The lowest BCUT2D eigenvalue weighted by Crippen LogP contribution is -2.27. The van der Waals surface area contributed by atoms with Gasteiger partial charge in [0.05, 0.1) is 17.1 Å². The third kappa shape index (κ3) is 3.19. The van der Waals surface area contributed by atoms with Crippen LogP contribution in [-0.4, -0.2) is 17.8 Å². The smallest absolute Gasteiger partial charge is 0.261 e. The molecule has 29 heavy (non-hydrogen) atoms. The predicted octanol–water partition coefficient (Wildman–Crippen LogP) is 5.73. The Balaban J connectivity index is 1.43. The molecule has 0 saturated heterocycles. The van der Waals surface area contributed by atoms with E-state index >= 15 is 0 Å². The first-order chi connectivity index (χ1) is 14.2. The molecular weight excluding hydrogens is 358 g/mol. The fourth-order valence-electron chi connectivity index (χ4n) is 3.67. The molecule has 0 N–H and O–H groups in total. The molecule has 4 heteroatoms. The van der Waals surface area contributed by atoms with Gasteiger partial charge in [0.2, 0.25) is 0 Å². The molecule has 4 aromatic carbocycles. The standard InChI is InChI=1S/C25H19N3O/c1-17-24(25(29)28(27-17)23-9-3-2-4-10-23)16-26-22-12-11-20-13-18-7-5-6-8-19(18)14-21(20)15-22/h2-16,24H,1H3. The number of anilines is 1. The van der Waals surface area contributed by atoms with Crippen LogP contribution < -0.4 is 5.01 Å². The molecule has 140 valence electrons. The first-order valence-corrected chi connectivity index (χ1v) is 9.60. The van der Waals surface area contributed by atoms with Crippen molar-refractivity contribution in [3.05, 3.63) is 84.9 Å². The van der Waals surface area contributed by atoms with Crippen molar-refractivity contribution in [1.29, 1.82) is 0 Å². The zero-order valence-electron chi connectivity index (χ0n) is 16.0. The third-order valence-corrected chi connectivity index (χ3v) is 5.24. The Bertz CT molecular complexity index is 1290. The van der Waals surface area contributed by atoms with Crippen LogP contribution in [0.4, 0.5) is 11.4 Å². The maximum absolute atomic E-state index is 12.8. The summed E-state index contributed by atoms with van der Waals surface area (Å²) >= 11 is 0. The summed E-state index contributed by atoms with van der Waals surface area (Å²) in [5, 5.41) is 10.6. The van der Waals surface area contributed by atoms with Crippen molar-refractivity contribution in [2.75, 3.05) is 5.01 Å². The lowest BCUT2D eigenvalue weighted by atomic mass is 10.0. The van der Waals surface area contributed by atoms with E-state index in [1.165, 1.54) is 21.2 Å². The second-order valence-corrected chi connectivity index (χ2v) is 7.21. The minimum absolute atomic E-state index is 0.0794. The first-order valence-electron chi connectivity index (χ1n) is 9.60. The van der Waals surface area contributed by atoms with Crippen LogP contribution >= 0.6 is 0 Å². The van der Waals surface area contributed by atoms with Gasteiger partial charge < -0.3 is 0 Å². The van der Waals surface area contributed by atoms with E-state index in [9.17, 15) is 4.79 Å². The average molecular weight is 377 g/mol. The molecule has 0 radical (unpaired) electrons. The van der Waals surface area contributed by atoms with E-state index in [0.29, 0.717) is 0 Å². The number of benzene rings is 4. The van der Waals surface area contributed by atoms with E-state index in [1.54, 1.807) is 6.21 Å². The molecule has 0 aliphatic carbocycles. The molecule has 0 fully saturated rings. The molecule has 0 saturated carbocycles. The molecule has 1 aliphatic rings. The summed E-state index contributed by atoms with van der Waals surface area (Å²) in [6.45, 7) is 1.87. The highest BCUT2D eigenvalue weighted by molar-refractivity contribution is 6.23. The molecule has 0 aromatic heterocycles. The van der Waals surface area contributed by atoms with E-state index in [2.05, 4.69) is 46.5 Å². The number of para-hydroxylation sites is 1. The van der Waals surface area contributed by atoms with Gasteiger partial charge in [-0.25, -0.2) is 0 Å². The number of nitrogens with zero attached hydrogens (tertiary/aromatic N) is 3. The molecule has 1 heterocycles. The number of hydrogen-bond donors (Lipinski definition) is 0. The topological polar surface area (TPSA) is 45.0 Å². The van der Waals surface area contributed by atoms with Crippen LogP contribution in [-0.2, 0) is 4.79 Å². The van der Waals surface area contributed by atoms with Gasteiger partial charge in [0, 0.05) is 6.21 Å². The maximum atomic E-state index is 12.8. The largest absolute Gasteiger partial charge is 0.271 e. The second-order valence-electron chi connectivity index (χ2n) is 7.21. The molecule has 4 nitrogen and oxygen atoms in total. The minimum atomic E-state index is -0.442. The number of fused-ring (bicyclic) bond motifs is 2. The Morgan fingerprint density at radius 1 is 0.828 bits per heavy atom. The Labute approximate surface area is 168 Å². The molecule has 1 atom stereocenters. The molecule has 1 aliphatic heterocycles. The van der Waals surface area contributed by atoms with E-state index in [4.69, 9.17) is 0 Å². The summed E-state index contributed by atoms with van der Waals surface area (Å²) in [5.41, 5.74) is 2.34. The number of hydrogen-bond acceptors (Lipinski definition) is 3. The minimum Gasteiger partial charge on any atom is -0.271 e. The third-order valence-electron chi connectivity index (χ3n) is 5.24.